The summed E-state index contributed by atoms with van der Waals surface area (Å²) in [4.78, 5) is 12.2. The van der Waals surface area contributed by atoms with Crippen LogP contribution in [0.1, 0.15) is 23.0 Å². The number of carbonyl (C=O) groups is 1. The molecule has 0 saturated heterocycles. The molecule has 6 nitrogen and oxygen atoms in total. The largest absolute Gasteiger partial charge is 0.451 e. The number of aliphatic hydroxyl groups is 1. The summed E-state index contributed by atoms with van der Waals surface area (Å²) in [5.74, 6) is -0.231. The normalized spacial score (nSPS) is 13.9. The van der Waals surface area contributed by atoms with E-state index in [-0.39, 0.29) is 12.3 Å². The molecule has 3 aromatic rings. The molecule has 3 rings (SSSR count). The third-order valence-electron chi connectivity index (χ3n) is 3.62. The van der Waals surface area contributed by atoms with E-state index in [1.54, 1.807) is 55.3 Å². The second-order valence-corrected chi connectivity index (χ2v) is 6.09. The first kappa shape index (κ1) is 15.6. The van der Waals surface area contributed by atoms with Gasteiger partial charge < -0.3 is 14.8 Å². The van der Waals surface area contributed by atoms with E-state index in [0.717, 1.165) is 5.39 Å². The summed E-state index contributed by atoms with van der Waals surface area (Å²) in [6.07, 6.45) is 3.27. The predicted molar refractivity (Wildman–Crippen MR) is 86.3 cm³/mol. The van der Waals surface area contributed by atoms with Crippen LogP contribution >= 0.6 is 11.6 Å². The monoisotopic (exact) mass is 333 g/mol. The smallest absolute Gasteiger partial charge is 0.287 e. The standard InChI is InChI=1S/C16H16ClN3O3/c1-16(22,11-7-19-20(2)8-11)9-18-15(21)14-6-10-5-12(17)3-4-13(10)23-14/h3-8,22H,9H2,1-2H3,(H,18,21). The van der Waals surface area contributed by atoms with E-state index in [4.69, 9.17) is 16.0 Å². The van der Waals surface area contributed by atoms with E-state index < -0.39 is 11.5 Å². The number of amides is 1. The summed E-state index contributed by atoms with van der Waals surface area (Å²) in [6, 6.07) is 6.75. The zero-order valence-electron chi connectivity index (χ0n) is 12.7. The highest BCUT2D eigenvalue weighted by molar-refractivity contribution is 6.31. The zero-order chi connectivity index (χ0) is 16.6. The van der Waals surface area contributed by atoms with Gasteiger partial charge in [-0.05, 0) is 31.2 Å². The van der Waals surface area contributed by atoms with Crippen molar-refractivity contribution in [2.75, 3.05) is 6.54 Å². The molecule has 0 aliphatic carbocycles. The highest BCUT2D eigenvalue weighted by Gasteiger charge is 2.26. The van der Waals surface area contributed by atoms with E-state index in [1.807, 2.05) is 0 Å². The lowest BCUT2D eigenvalue weighted by Gasteiger charge is -2.21. The first-order valence-electron chi connectivity index (χ1n) is 7.04. The molecule has 7 heteroatoms. The maximum absolute atomic E-state index is 12.2. The number of aromatic nitrogens is 2. The van der Waals surface area contributed by atoms with Crippen molar-refractivity contribution in [1.29, 1.82) is 0 Å². The lowest BCUT2D eigenvalue weighted by atomic mass is 10.00. The van der Waals surface area contributed by atoms with Crippen LogP contribution in [0, 0.1) is 0 Å². The SMILES string of the molecule is Cn1cc(C(C)(O)CNC(=O)c2cc3cc(Cl)ccc3o2)cn1. The molecule has 0 aliphatic rings. The number of hydrogen-bond donors (Lipinski definition) is 2. The molecular formula is C16H16ClN3O3. The van der Waals surface area contributed by atoms with Crippen LogP contribution in [0.15, 0.2) is 41.1 Å². The lowest BCUT2D eigenvalue weighted by Crippen LogP contribution is -2.38. The summed E-state index contributed by atoms with van der Waals surface area (Å²) in [7, 11) is 1.76. The van der Waals surface area contributed by atoms with Gasteiger partial charge in [0, 0.05) is 29.2 Å². The molecule has 2 heterocycles. The van der Waals surface area contributed by atoms with Gasteiger partial charge in [-0.3, -0.25) is 9.48 Å². The van der Waals surface area contributed by atoms with Gasteiger partial charge in [0.2, 0.25) is 0 Å². The van der Waals surface area contributed by atoms with Gasteiger partial charge in [0.25, 0.3) is 5.91 Å². The number of carbonyl (C=O) groups excluding carboxylic acids is 1. The second-order valence-electron chi connectivity index (χ2n) is 5.65. The van der Waals surface area contributed by atoms with E-state index in [1.165, 1.54) is 0 Å². The van der Waals surface area contributed by atoms with Crippen LogP contribution < -0.4 is 5.32 Å². The Bertz CT molecular complexity index is 866. The Morgan fingerprint density at radius 3 is 2.96 bits per heavy atom. The van der Waals surface area contributed by atoms with Gasteiger partial charge in [0.05, 0.1) is 12.7 Å². The van der Waals surface area contributed by atoms with Crippen LogP contribution in [0.4, 0.5) is 0 Å². The first-order chi connectivity index (χ1) is 10.8. The Balaban J connectivity index is 1.73. The van der Waals surface area contributed by atoms with Crippen LogP contribution in [0.2, 0.25) is 5.02 Å². The number of rotatable bonds is 4. The van der Waals surface area contributed by atoms with Crippen molar-refractivity contribution in [3.8, 4) is 0 Å². The van der Waals surface area contributed by atoms with Gasteiger partial charge in [-0.25, -0.2) is 0 Å². The molecule has 23 heavy (non-hydrogen) atoms. The Morgan fingerprint density at radius 2 is 2.26 bits per heavy atom. The molecule has 1 aromatic carbocycles. The van der Waals surface area contributed by atoms with Crippen molar-refractivity contribution in [2.45, 2.75) is 12.5 Å². The van der Waals surface area contributed by atoms with Crippen LogP contribution in [0.25, 0.3) is 11.0 Å². The third kappa shape index (κ3) is 3.23. The fourth-order valence-electron chi connectivity index (χ4n) is 2.27. The Labute approximate surface area is 137 Å². The van der Waals surface area contributed by atoms with Crippen molar-refractivity contribution in [1.82, 2.24) is 15.1 Å². The van der Waals surface area contributed by atoms with E-state index >= 15 is 0 Å². The summed E-state index contributed by atoms with van der Waals surface area (Å²) < 4.78 is 7.08. The summed E-state index contributed by atoms with van der Waals surface area (Å²) in [5.41, 5.74) is -0.0190. The van der Waals surface area contributed by atoms with Gasteiger partial charge in [-0.15, -0.1) is 0 Å². The van der Waals surface area contributed by atoms with Gasteiger partial charge in [-0.2, -0.15) is 5.10 Å². The minimum absolute atomic E-state index is 0.0370. The average Bonchev–Trinajstić information content (AvgIpc) is 3.11. The van der Waals surface area contributed by atoms with Gasteiger partial charge in [0.15, 0.2) is 5.76 Å². The minimum atomic E-state index is -1.22. The molecule has 2 aromatic heterocycles. The van der Waals surface area contributed by atoms with Gasteiger partial charge in [0.1, 0.15) is 11.2 Å². The Hall–Kier alpha value is -2.31. The highest BCUT2D eigenvalue weighted by Crippen LogP contribution is 2.23. The average molecular weight is 334 g/mol. The van der Waals surface area contributed by atoms with Crippen molar-refractivity contribution < 1.29 is 14.3 Å². The van der Waals surface area contributed by atoms with Crippen molar-refractivity contribution in [3.05, 3.63) is 53.0 Å². The molecule has 2 N–H and O–H groups in total. The van der Waals surface area contributed by atoms with E-state index in [0.29, 0.717) is 16.2 Å². The van der Waals surface area contributed by atoms with Gasteiger partial charge in [-0.1, -0.05) is 11.6 Å². The highest BCUT2D eigenvalue weighted by atomic mass is 35.5. The van der Waals surface area contributed by atoms with Gasteiger partial charge >= 0.3 is 0 Å². The van der Waals surface area contributed by atoms with Crippen LogP contribution in [-0.2, 0) is 12.6 Å². The summed E-state index contributed by atoms with van der Waals surface area (Å²) >= 11 is 5.92. The molecule has 0 aliphatic heterocycles. The Morgan fingerprint density at radius 1 is 1.48 bits per heavy atom. The summed E-state index contributed by atoms with van der Waals surface area (Å²) in [6.45, 7) is 1.65. The molecule has 0 radical (unpaired) electrons. The summed E-state index contributed by atoms with van der Waals surface area (Å²) in [5, 5.41) is 18.5. The van der Waals surface area contributed by atoms with Crippen LogP contribution in [0.5, 0.6) is 0 Å². The zero-order valence-corrected chi connectivity index (χ0v) is 13.5. The minimum Gasteiger partial charge on any atom is -0.451 e. The molecule has 0 saturated carbocycles. The fourth-order valence-corrected chi connectivity index (χ4v) is 2.45. The quantitative estimate of drug-likeness (QED) is 0.768. The number of benzene rings is 1. The molecule has 0 fully saturated rings. The van der Waals surface area contributed by atoms with Crippen molar-refractivity contribution >= 4 is 28.5 Å². The molecular weight excluding hydrogens is 318 g/mol. The second kappa shape index (κ2) is 5.72. The molecule has 0 spiro atoms. The number of halogens is 1. The van der Waals surface area contributed by atoms with Crippen molar-refractivity contribution in [3.63, 3.8) is 0 Å². The third-order valence-corrected chi connectivity index (χ3v) is 3.86. The first-order valence-corrected chi connectivity index (χ1v) is 7.42. The van der Waals surface area contributed by atoms with Crippen LogP contribution in [-0.4, -0.2) is 27.3 Å². The number of furan rings is 1. The maximum Gasteiger partial charge on any atom is 0.287 e. The lowest BCUT2D eigenvalue weighted by molar-refractivity contribution is 0.0519. The van der Waals surface area contributed by atoms with E-state index in [9.17, 15) is 9.90 Å². The fraction of sp³-hybridized carbons (Fsp3) is 0.250. The molecule has 1 atom stereocenters. The number of nitrogens with zero attached hydrogens (tertiary/aromatic N) is 2. The molecule has 120 valence electrons. The number of fused-ring (bicyclic) bond motifs is 1. The number of nitrogens with one attached hydrogen (secondary N) is 1. The maximum atomic E-state index is 12.2. The van der Waals surface area contributed by atoms with Crippen LogP contribution in [0.3, 0.4) is 0 Å². The topological polar surface area (TPSA) is 80.3 Å². The number of hydrogen-bond acceptors (Lipinski definition) is 4. The van der Waals surface area contributed by atoms with E-state index in [2.05, 4.69) is 10.4 Å². The van der Waals surface area contributed by atoms with Crippen molar-refractivity contribution in [2.24, 2.45) is 7.05 Å². The molecule has 0 bridgehead atoms. The number of aryl methyl sites for hydroxylation is 1. The Kier molecular flexibility index (Phi) is 3.87. The molecule has 1 unspecified atom stereocenters. The predicted octanol–water partition coefficient (Wildman–Crippen LogP) is 2.46. The molecule has 1 amide bonds.